The zero-order chi connectivity index (χ0) is 24.7. The molecular weight excluding hydrogens is 422 g/mol. The Kier molecular flexibility index (Phi) is 3.25. The van der Waals surface area contributed by atoms with Gasteiger partial charge in [0.2, 0.25) is 5.52 Å². The molecule has 182 valence electrons. The van der Waals surface area contributed by atoms with Crippen molar-refractivity contribution in [1.29, 1.82) is 0 Å². The Hall–Kier alpha value is -1.89. The lowest BCUT2D eigenvalue weighted by atomic mass is 9.60. The molecule has 0 saturated heterocycles. The fourth-order valence-electron chi connectivity index (χ4n) is 12.1. The zero-order valence-electron chi connectivity index (χ0n) is 23.3. The molecule has 8 unspecified atom stereocenters. The number of aryl methyl sites for hydroxylation is 1. The minimum Gasteiger partial charge on any atom is -0.192 e. The van der Waals surface area contributed by atoms with Crippen molar-refractivity contribution in [2.45, 2.75) is 110 Å². The Morgan fingerprint density at radius 2 is 1.69 bits per heavy atom. The Bertz CT molecular complexity index is 1550. The molecule has 0 radical (unpaired) electrons. The van der Waals surface area contributed by atoms with E-state index in [-0.39, 0.29) is 16.4 Å². The molecule has 1 nitrogen and oxygen atoms in total. The van der Waals surface area contributed by atoms with E-state index in [0.717, 1.165) is 18.8 Å². The Labute approximate surface area is 211 Å². The van der Waals surface area contributed by atoms with Gasteiger partial charge in [-0.05, 0) is 89.3 Å². The minimum atomic E-state index is 0.0605. The van der Waals surface area contributed by atoms with Gasteiger partial charge in [-0.15, -0.1) is 0 Å². The molecule has 8 atom stereocenters. The van der Waals surface area contributed by atoms with Crippen LogP contribution in [0, 0.1) is 29.1 Å². The van der Waals surface area contributed by atoms with Crippen LogP contribution < -0.4 is 4.57 Å². The van der Waals surface area contributed by atoms with Crippen LogP contribution in [0.25, 0.3) is 21.7 Å². The zero-order valence-corrected chi connectivity index (χ0v) is 23.3. The largest absolute Gasteiger partial charge is 0.221 e. The molecule has 5 aliphatic rings. The van der Waals surface area contributed by atoms with E-state index < -0.39 is 0 Å². The Morgan fingerprint density at radius 3 is 2.37 bits per heavy atom. The fourth-order valence-corrected chi connectivity index (χ4v) is 12.1. The van der Waals surface area contributed by atoms with Crippen LogP contribution in [0.1, 0.15) is 109 Å². The first-order valence-corrected chi connectivity index (χ1v) is 14.3. The molecule has 35 heavy (non-hydrogen) atoms. The molecule has 0 amide bonds. The lowest BCUT2D eigenvalue weighted by molar-refractivity contribution is -0.751. The van der Waals surface area contributed by atoms with Crippen molar-refractivity contribution in [3.8, 4) is 0 Å². The van der Waals surface area contributed by atoms with Crippen molar-refractivity contribution >= 4 is 21.7 Å². The third-order valence-corrected chi connectivity index (χ3v) is 14.4. The quantitative estimate of drug-likeness (QED) is 0.266. The molecule has 0 spiro atoms. The van der Waals surface area contributed by atoms with Gasteiger partial charge in [-0.2, -0.15) is 4.57 Å². The third kappa shape index (κ3) is 1.67. The van der Waals surface area contributed by atoms with Crippen molar-refractivity contribution in [3.05, 3.63) is 52.7 Å². The van der Waals surface area contributed by atoms with Gasteiger partial charge >= 0.3 is 0 Å². The lowest BCUT2D eigenvalue weighted by Crippen LogP contribution is -2.66. The van der Waals surface area contributed by atoms with E-state index in [9.17, 15) is 0 Å². The van der Waals surface area contributed by atoms with E-state index >= 15 is 0 Å². The second-order valence-electron chi connectivity index (χ2n) is 14.8. The van der Waals surface area contributed by atoms with Gasteiger partial charge in [-0.25, -0.2) is 0 Å². The maximum atomic E-state index is 2.82. The molecule has 1 aliphatic heterocycles. The molecule has 2 aromatic carbocycles. The van der Waals surface area contributed by atoms with Gasteiger partial charge in [0.15, 0.2) is 11.7 Å². The van der Waals surface area contributed by atoms with Crippen LogP contribution in [-0.2, 0) is 16.4 Å². The fraction of sp³-hybridized carbons (Fsp3) is 0.618. The minimum absolute atomic E-state index is 0.0605. The maximum absolute atomic E-state index is 2.82. The van der Waals surface area contributed by atoms with Crippen molar-refractivity contribution in [1.82, 2.24) is 0 Å². The Balaban J connectivity index is 1.60. The summed E-state index contributed by atoms with van der Waals surface area (Å²) in [7, 11) is 0. The highest BCUT2D eigenvalue weighted by Gasteiger charge is 2.91. The number of nitrogens with zero attached hydrogens (tertiary/aromatic N) is 1. The number of hydrogen-bond donors (Lipinski definition) is 0. The molecule has 0 bridgehead atoms. The molecule has 3 fully saturated rings. The molecular formula is C34H42N+. The number of hydrogen-bond acceptors (Lipinski definition) is 0. The summed E-state index contributed by atoms with van der Waals surface area (Å²) in [6.45, 7) is 23.0. The Morgan fingerprint density at radius 1 is 0.943 bits per heavy atom. The van der Waals surface area contributed by atoms with Gasteiger partial charge in [-0.1, -0.05) is 59.7 Å². The lowest BCUT2D eigenvalue weighted by Gasteiger charge is -2.46. The summed E-state index contributed by atoms with van der Waals surface area (Å²) in [6.07, 6.45) is 7.79. The van der Waals surface area contributed by atoms with Gasteiger partial charge in [0.25, 0.3) is 0 Å². The highest BCUT2D eigenvalue weighted by atomic mass is 15.1. The summed E-state index contributed by atoms with van der Waals surface area (Å²) in [4.78, 5) is 0. The van der Waals surface area contributed by atoms with Gasteiger partial charge in [0.05, 0.1) is 16.2 Å². The number of benzene rings is 2. The van der Waals surface area contributed by atoms with Gasteiger partial charge in [0, 0.05) is 24.3 Å². The van der Waals surface area contributed by atoms with Crippen LogP contribution in [0.2, 0.25) is 0 Å². The van der Waals surface area contributed by atoms with Crippen molar-refractivity contribution in [3.63, 3.8) is 0 Å². The molecule has 1 heteroatoms. The van der Waals surface area contributed by atoms with Crippen LogP contribution >= 0.6 is 0 Å². The molecule has 2 heterocycles. The molecule has 3 aromatic rings. The van der Waals surface area contributed by atoms with E-state index in [1.165, 1.54) is 29.3 Å². The van der Waals surface area contributed by atoms with Gasteiger partial charge in [0.1, 0.15) is 0 Å². The van der Waals surface area contributed by atoms with Crippen molar-refractivity contribution in [2.24, 2.45) is 22.2 Å². The van der Waals surface area contributed by atoms with Crippen LogP contribution in [0.15, 0.2) is 30.5 Å². The predicted molar refractivity (Wildman–Crippen MR) is 145 cm³/mol. The second-order valence-corrected chi connectivity index (χ2v) is 14.8. The smallest absolute Gasteiger partial charge is 0.192 e. The van der Waals surface area contributed by atoms with Crippen molar-refractivity contribution in [2.75, 3.05) is 0 Å². The summed E-state index contributed by atoms with van der Waals surface area (Å²) in [5.41, 5.74) is 9.98. The first-order valence-electron chi connectivity index (χ1n) is 14.3. The van der Waals surface area contributed by atoms with Crippen LogP contribution in [0.3, 0.4) is 0 Å². The monoisotopic (exact) mass is 464 g/mol. The second kappa shape index (κ2) is 5.36. The summed E-state index contributed by atoms with van der Waals surface area (Å²) in [5, 5.41) is 4.60. The molecule has 8 rings (SSSR count). The number of pyridine rings is 1. The molecule has 1 aromatic heterocycles. The maximum Gasteiger partial charge on any atom is 0.221 e. The molecule has 4 aliphatic carbocycles. The molecule has 3 saturated carbocycles. The highest BCUT2D eigenvalue weighted by Crippen LogP contribution is 2.96. The van der Waals surface area contributed by atoms with E-state index in [0.29, 0.717) is 22.2 Å². The summed E-state index contributed by atoms with van der Waals surface area (Å²) in [5.74, 6) is 1.59. The van der Waals surface area contributed by atoms with Crippen LogP contribution in [-0.4, -0.2) is 0 Å². The number of aromatic nitrogens is 1. The topological polar surface area (TPSA) is 3.88 Å². The number of fused-ring (bicyclic) bond motifs is 5. The van der Waals surface area contributed by atoms with E-state index in [4.69, 9.17) is 0 Å². The average molecular weight is 465 g/mol. The predicted octanol–water partition coefficient (Wildman–Crippen LogP) is 8.21. The molecule has 0 N–H and O–H groups in total. The van der Waals surface area contributed by atoms with Crippen LogP contribution in [0.4, 0.5) is 0 Å². The van der Waals surface area contributed by atoms with E-state index in [2.05, 4.69) is 97.3 Å². The summed E-state index contributed by atoms with van der Waals surface area (Å²) in [6, 6.07) is 9.76. The number of rotatable bonds is 2. The first kappa shape index (κ1) is 21.2. The third-order valence-electron chi connectivity index (χ3n) is 14.4. The van der Waals surface area contributed by atoms with Crippen molar-refractivity contribution < 1.29 is 4.57 Å². The normalized spacial score (nSPS) is 47.7. The summed E-state index contributed by atoms with van der Waals surface area (Å²) >= 11 is 0. The van der Waals surface area contributed by atoms with Gasteiger partial charge < -0.3 is 0 Å². The average Bonchev–Trinajstić information content (AvgIpc) is 3.00. The summed E-state index contributed by atoms with van der Waals surface area (Å²) < 4.78 is 2.82. The van der Waals surface area contributed by atoms with E-state index in [1.807, 2.05) is 0 Å². The van der Waals surface area contributed by atoms with Gasteiger partial charge in [-0.3, -0.25) is 0 Å². The standard InChI is InChI=1S/C34H42N/c1-10-29(4)23-14-12-13-20-19(3)15-21-26-22(17-35(27(21)25(20)23)33(29,8)11-2)24-16-30(5)28-32(30,7)18-31(26,6)34(24,28)9/h12-15,17,24,28H,10-11,16,18H2,1-9H3/q+1. The first-order chi connectivity index (χ1) is 16.4. The van der Waals surface area contributed by atoms with E-state index in [1.54, 1.807) is 27.5 Å². The highest BCUT2D eigenvalue weighted by molar-refractivity contribution is 6.09. The SMILES string of the molecule is CCC1(C)c2cccc3c(C)cc4c5c(c[n+](c4c23)C1(C)CC)C1CC2(C)C3C2(C)CC5(C)C13C. The van der Waals surface area contributed by atoms with Crippen LogP contribution in [0.5, 0.6) is 0 Å².